The number of likely N-dealkylation sites (tertiary alicyclic amines) is 1. The fourth-order valence-corrected chi connectivity index (χ4v) is 2.47. The molecule has 0 N–H and O–H groups in total. The Morgan fingerprint density at radius 3 is 2.25 bits per heavy atom. The molecule has 5 heteroatoms. The van der Waals surface area contributed by atoms with Crippen molar-refractivity contribution in [2.45, 2.75) is 25.7 Å². The van der Waals surface area contributed by atoms with Crippen LogP contribution in [0.15, 0.2) is 28.7 Å². The predicted octanol–water partition coefficient (Wildman–Crippen LogP) is 3.01. The van der Waals surface area contributed by atoms with Gasteiger partial charge in [-0.3, -0.25) is 4.79 Å². The van der Waals surface area contributed by atoms with Gasteiger partial charge in [0, 0.05) is 17.6 Å². The number of hydrogen-bond donors (Lipinski definition) is 0. The molecule has 0 atom stereocenters. The molecule has 1 saturated heterocycles. The number of hydrogen-bond acceptors (Lipinski definition) is 3. The minimum atomic E-state index is -0.458. The molecule has 1 heterocycles. The van der Waals surface area contributed by atoms with Crippen LogP contribution in [0.3, 0.4) is 0 Å². The summed E-state index contributed by atoms with van der Waals surface area (Å²) in [5, 5.41) is 0. The fourth-order valence-electron chi connectivity index (χ4n) is 2.21. The van der Waals surface area contributed by atoms with Gasteiger partial charge in [0.2, 0.25) is 0 Å². The molecular formula is C15H18BrNO3. The van der Waals surface area contributed by atoms with Crippen molar-refractivity contribution in [3.05, 3.63) is 34.3 Å². The van der Waals surface area contributed by atoms with Crippen LogP contribution in [0.4, 0.5) is 0 Å². The summed E-state index contributed by atoms with van der Waals surface area (Å²) in [7, 11) is 0. The SMILES string of the molecule is O=C(OCC(=O)N1CCCCCC1)c1ccc(Br)cc1. The van der Waals surface area contributed by atoms with Crippen molar-refractivity contribution in [1.29, 1.82) is 0 Å². The van der Waals surface area contributed by atoms with Crippen molar-refractivity contribution in [3.8, 4) is 0 Å². The van der Waals surface area contributed by atoms with Gasteiger partial charge in [-0.05, 0) is 37.1 Å². The zero-order valence-corrected chi connectivity index (χ0v) is 12.9. The van der Waals surface area contributed by atoms with E-state index in [1.165, 1.54) is 12.8 Å². The fraction of sp³-hybridized carbons (Fsp3) is 0.467. The van der Waals surface area contributed by atoms with E-state index in [-0.39, 0.29) is 12.5 Å². The second-order valence-corrected chi connectivity index (χ2v) is 5.79. The number of benzene rings is 1. The van der Waals surface area contributed by atoms with Crippen molar-refractivity contribution < 1.29 is 14.3 Å². The highest BCUT2D eigenvalue weighted by Crippen LogP contribution is 2.12. The van der Waals surface area contributed by atoms with Gasteiger partial charge >= 0.3 is 5.97 Å². The van der Waals surface area contributed by atoms with Crippen LogP contribution in [-0.4, -0.2) is 36.5 Å². The Morgan fingerprint density at radius 1 is 1.05 bits per heavy atom. The number of carbonyl (C=O) groups excluding carboxylic acids is 2. The highest BCUT2D eigenvalue weighted by molar-refractivity contribution is 9.10. The van der Waals surface area contributed by atoms with Crippen LogP contribution in [0.25, 0.3) is 0 Å². The molecule has 0 aromatic heterocycles. The number of carbonyl (C=O) groups is 2. The highest BCUT2D eigenvalue weighted by atomic mass is 79.9. The maximum absolute atomic E-state index is 12.0. The summed E-state index contributed by atoms with van der Waals surface area (Å²) in [6.07, 6.45) is 4.41. The topological polar surface area (TPSA) is 46.6 Å². The lowest BCUT2D eigenvalue weighted by Crippen LogP contribution is -2.35. The summed E-state index contributed by atoms with van der Waals surface area (Å²) >= 11 is 3.30. The number of halogens is 1. The van der Waals surface area contributed by atoms with E-state index in [9.17, 15) is 9.59 Å². The van der Waals surface area contributed by atoms with Crippen molar-refractivity contribution in [1.82, 2.24) is 4.90 Å². The standard InChI is InChI=1S/C15H18BrNO3/c16-13-7-5-12(6-8-13)15(19)20-11-14(18)17-9-3-1-2-4-10-17/h5-8H,1-4,9-11H2. The van der Waals surface area contributed by atoms with Gasteiger partial charge in [0.25, 0.3) is 5.91 Å². The Balaban J connectivity index is 1.83. The lowest BCUT2D eigenvalue weighted by molar-refractivity contribution is -0.134. The lowest BCUT2D eigenvalue weighted by atomic mass is 10.2. The molecule has 1 fully saturated rings. The summed E-state index contributed by atoms with van der Waals surface area (Å²) in [5.41, 5.74) is 0.455. The summed E-state index contributed by atoms with van der Waals surface area (Å²) in [5.74, 6) is -0.557. The molecule has 1 aliphatic heterocycles. The van der Waals surface area contributed by atoms with Gasteiger partial charge in [-0.2, -0.15) is 0 Å². The van der Waals surface area contributed by atoms with E-state index < -0.39 is 5.97 Å². The maximum atomic E-state index is 12.0. The minimum absolute atomic E-state index is 0.0997. The van der Waals surface area contributed by atoms with E-state index in [0.29, 0.717) is 5.56 Å². The molecule has 20 heavy (non-hydrogen) atoms. The Hall–Kier alpha value is -1.36. The largest absolute Gasteiger partial charge is 0.452 e. The van der Waals surface area contributed by atoms with Gasteiger partial charge in [-0.25, -0.2) is 4.79 Å². The second-order valence-electron chi connectivity index (χ2n) is 4.88. The van der Waals surface area contributed by atoms with Gasteiger partial charge in [-0.15, -0.1) is 0 Å². The molecule has 1 aromatic rings. The molecule has 0 spiro atoms. The number of esters is 1. The van der Waals surface area contributed by atoms with E-state index >= 15 is 0 Å². The molecule has 4 nitrogen and oxygen atoms in total. The van der Waals surface area contributed by atoms with E-state index in [1.807, 2.05) is 0 Å². The summed E-state index contributed by atoms with van der Waals surface area (Å²) in [6, 6.07) is 6.88. The van der Waals surface area contributed by atoms with Crippen LogP contribution in [0.5, 0.6) is 0 Å². The molecular weight excluding hydrogens is 322 g/mol. The van der Waals surface area contributed by atoms with Crippen LogP contribution in [0, 0.1) is 0 Å². The average molecular weight is 340 g/mol. The first-order valence-corrected chi connectivity index (χ1v) is 7.66. The zero-order valence-electron chi connectivity index (χ0n) is 11.3. The van der Waals surface area contributed by atoms with Crippen molar-refractivity contribution in [2.24, 2.45) is 0 Å². The monoisotopic (exact) mass is 339 g/mol. The van der Waals surface area contributed by atoms with Gasteiger partial charge in [0.1, 0.15) is 0 Å². The molecule has 0 bridgehead atoms. The Labute approximate surface area is 127 Å². The van der Waals surface area contributed by atoms with E-state index in [4.69, 9.17) is 4.74 Å². The van der Waals surface area contributed by atoms with Gasteiger partial charge in [0.15, 0.2) is 6.61 Å². The number of ether oxygens (including phenoxy) is 1. The first-order valence-electron chi connectivity index (χ1n) is 6.87. The Kier molecular flexibility index (Phi) is 5.59. The molecule has 1 aliphatic rings. The zero-order chi connectivity index (χ0) is 14.4. The Morgan fingerprint density at radius 2 is 1.65 bits per heavy atom. The Bertz CT molecular complexity index is 465. The molecule has 1 aromatic carbocycles. The van der Waals surface area contributed by atoms with E-state index in [0.717, 1.165) is 30.4 Å². The molecule has 0 saturated carbocycles. The van der Waals surface area contributed by atoms with Gasteiger partial charge < -0.3 is 9.64 Å². The highest BCUT2D eigenvalue weighted by Gasteiger charge is 2.17. The molecule has 0 radical (unpaired) electrons. The first-order chi connectivity index (χ1) is 9.66. The molecule has 0 aliphatic carbocycles. The van der Waals surface area contributed by atoms with Gasteiger partial charge in [0.05, 0.1) is 5.56 Å². The van der Waals surface area contributed by atoms with Crippen LogP contribution < -0.4 is 0 Å². The number of amides is 1. The number of nitrogens with zero attached hydrogens (tertiary/aromatic N) is 1. The van der Waals surface area contributed by atoms with Crippen LogP contribution in [0.1, 0.15) is 36.0 Å². The van der Waals surface area contributed by atoms with Crippen molar-refractivity contribution in [2.75, 3.05) is 19.7 Å². The molecule has 1 amide bonds. The van der Waals surface area contributed by atoms with E-state index in [2.05, 4.69) is 15.9 Å². The van der Waals surface area contributed by atoms with Crippen molar-refractivity contribution in [3.63, 3.8) is 0 Å². The smallest absolute Gasteiger partial charge is 0.338 e. The minimum Gasteiger partial charge on any atom is -0.452 e. The quantitative estimate of drug-likeness (QED) is 0.795. The van der Waals surface area contributed by atoms with Gasteiger partial charge in [-0.1, -0.05) is 28.8 Å². The average Bonchev–Trinajstić information content (AvgIpc) is 2.74. The second kappa shape index (κ2) is 7.43. The molecule has 108 valence electrons. The number of rotatable bonds is 3. The summed E-state index contributed by atoms with van der Waals surface area (Å²) < 4.78 is 5.98. The normalized spacial score (nSPS) is 15.6. The third-order valence-corrected chi connectivity index (χ3v) is 3.89. The molecule has 0 unspecified atom stereocenters. The first kappa shape index (κ1) is 15.0. The summed E-state index contributed by atoms with van der Waals surface area (Å²) in [4.78, 5) is 25.6. The summed E-state index contributed by atoms with van der Waals surface area (Å²) in [6.45, 7) is 1.37. The van der Waals surface area contributed by atoms with Crippen LogP contribution in [0.2, 0.25) is 0 Å². The van der Waals surface area contributed by atoms with E-state index in [1.54, 1.807) is 29.2 Å². The van der Waals surface area contributed by atoms with Crippen molar-refractivity contribution >= 4 is 27.8 Å². The van der Waals surface area contributed by atoms with Crippen LogP contribution in [-0.2, 0) is 9.53 Å². The molecule has 2 rings (SSSR count). The third kappa shape index (κ3) is 4.34. The lowest BCUT2D eigenvalue weighted by Gasteiger charge is -2.19. The predicted molar refractivity (Wildman–Crippen MR) is 79.5 cm³/mol. The maximum Gasteiger partial charge on any atom is 0.338 e. The third-order valence-electron chi connectivity index (χ3n) is 3.37. The van der Waals surface area contributed by atoms with Crippen LogP contribution >= 0.6 is 15.9 Å².